The number of carbonyl (C=O) groups is 1. The molecule has 0 saturated carbocycles. The average molecular weight is 367 g/mol. The number of rotatable bonds is 3. The minimum absolute atomic E-state index is 0.303. The predicted molar refractivity (Wildman–Crippen MR) is 102 cm³/mol. The number of hydrogen-bond acceptors (Lipinski definition) is 8. The Labute approximate surface area is 155 Å². The van der Waals surface area contributed by atoms with Gasteiger partial charge >= 0.3 is 5.97 Å². The van der Waals surface area contributed by atoms with Gasteiger partial charge in [0.1, 0.15) is 6.04 Å². The SMILES string of the molecule is COC(=O)[C@@H]1CN(c2nc(-c3ccc4n[nH]c(C)c4c3)cnc2N)CCN1. The van der Waals surface area contributed by atoms with Crippen LogP contribution in [0.1, 0.15) is 5.69 Å². The molecule has 1 aliphatic heterocycles. The van der Waals surface area contributed by atoms with E-state index in [9.17, 15) is 4.79 Å². The summed E-state index contributed by atoms with van der Waals surface area (Å²) in [6.07, 6.45) is 1.66. The average Bonchev–Trinajstić information content (AvgIpc) is 3.08. The fraction of sp³-hybridized carbons (Fsp3) is 0.333. The van der Waals surface area contributed by atoms with Crippen molar-refractivity contribution in [1.29, 1.82) is 0 Å². The van der Waals surface area contributed by atoms with Crippen LogP contribution in [0, 0.1) is 6.92 Å². The van der Waals surface area contributed by atoms with Crippen LogP contribution in [-0.4, -0.2) is 58.9 Å². The summed E-state index contributed by atoms with van der Waals surface area (Å²) in [4.78, 5) is 22.9. The maximum atomic E-state index is 11.9. The van der Waals surface area contributed by atoms with Crippen LogP contribution >= 0.6 is 0 Å². The van der Waals surface area contributed by atoms with E-state index in [1.54, 1.807) is 6.20 Å². The Kier molecular flexibility index (Phi) is 4.36. The molecule has 9 heteroatoms. The number of nitrogens with zero attached hydrogens (tertiary/aromatic N) is 4. The Bertz CT molecular complexity index is 1000. The largest absolute Gasteiger partial charge is 0.468 e. The van der Waals surface area contributed by atoms with Crippen molar-refractivity contribution >= 4 is 28.5 Å². The number of carbonyl (C=O) groups excluding carboxylic acids is 1. The molecule has 1 fully saturated rings. The van der Waals surface area contributed by atoms with Crippen LogP contribution < -0.4 is 16.0 Å². The van der Waals surface area contributed by atoms with Crippen LogP contribution in [0.5, 0.6) is 0 Å². The van der Waals surface area contributed by atoms with Crippen LogP contribution in [-0.2, 0) is 9.53 Å². The van der Waals surface area contributed by atoms with Gasteiger partial charge in [-0.15, -0.1) is 0 Å². The van der Waals surface area contributed by atoms with E-state index < -0.39 is 6.04 Å². The van der Waals surface area contributed by atoms with Crippen molar-refractivity contribution in [3.05, 3.63) is 30.1 Å². The van der Waals surface area contributed by atoms with Crippen molar-refractivity contribution in [2.75, 3.05) is 37.4 Å². The minimum Gasteiger partial charge on any atom is -0.468 e. The Morgan fingerprint density at radius 1 is 1.41 bits per heavy atom. The van der Waals surface area contributed by atoms with Crippen molar-refractivity contribution in [2.45, 2.75) is 13.0 Å². The van der Waals surface area contributed by atoms with Crippen molar-refractivity contribution < 1.29 is 9.53 Å². The maximum Gasteiger partial charge on any atom is 0.324 e. The quantitative estimate of drug-likeness (QED) is 0.583. The molecule has 27 heavy (non-hydrogen) atoms. The molecule has 1 aliphatic rings. The molecule has 0 bridgehead atoms. The number of aromatic nitrogens is 4. The van der Waals surface area contributed by atoms with Gasteiger partial charge in [0, 0.05) is 36.3 Å². The van der Waals surface area contributed by atoms with E-state index in [1.807, 2.05) is 30.0 Å². The van der Waals surface area contributed by atoms with E-state index in [4.69, 9.17) is 15.5 Å². The lowest BCUT2D eigenvalue weighted by Gasteiger charge is -2.33. The third-order valence-electron chi connectivity index (χ3n) is 4.78. The Balaban J connectivity index is 1.68. The topological polar surface area (TPSA) is 122 Å². The first-order valence-corrected chi connectivity index (χ1v) is 8.70. The van der Waals surface area contributed by atoms with E-state index >= 15 is 0 Å². The molecule has 4 rings (SSSR count). The number of anilines is 2. The number of piperazine rings is 1. The van der Waals surface area contributed by atoms with Crippen LogP contribution in [0.15, 0.2) is 24.4 Å². The number of fused-ring (bicyclic) bond motifs is 1. The van der Waals surface area contributed by atoms with E-state index in [0.29, 0.717) is 31.3 Å². The molecular formula is C18H21N7O2. The van der Waals surface area contributed by atoms with Crippen molar-refractivity contribution in [1.82, 2.24) is 25.5 Å². The van der Waals surface area contributed by atoms with Crippen LogP contribution in [0.2, 0.25) is 0 Å². The molecule has 0 spiro atoms. The molecule has 0 amide bonds. The van der Waals surface area contributed by atoms with Gasteiger partial charge in [0.25, 0.3) is 0 Å². The summed E-state index contributed by atoms with van der Waals surface area (Å²) in [5.74, 6) is 0.611. The van der Waals surface area contributed by atoms with E-state index in [1.165, 1.54) is 7.11 Å². The third kappa shape index (κ3) is 3.17. The van der Waals surface area contributed by atoms with Gasteiger partial charge in [0.2, 0.25) is 0 Å². The molecule has 2 aromatic heterocycles. The summed E-state index contributed by atoms with van der Waals surface area (Å²) < 4.78 is 4.84. The molecule has 3 heterocycles. The number of ether oxygens (including phenoxy) is 1. The maximum absolute atomic E-state index is 11.9. The minimum atomic E-state index is -0.418. The smallest absolute Gasteiger partial charge is 0.324 e. The second-order valence-electron chi connectivity index (χ2n) is 6.52. The lowest BCUT2D eigenvalue weighted by atomic mass is 10.1. The number of aryl methyl sites for hydroxylation is 1. The molecule has 9 nitrogen and oxygen atoms in total. The zero-order valence-electron chi connectivity index (χ0n) is 15.2. The van der Waals surface area contributed by atoms with Gasteiger partial charge in [-0.2, -0.15) is 5.10 Å². The summed E-state index contributed by atoms with van der Waals surface area (Å²) in [6, 6.07) is 5.53. The fourth-order valence-corrected chi connectivity index (χ4v) is 3.30. The summed E-state index contributed by atoms with van der Waals surface area (Å²) in [6.45, 7) is 3.71. The van der Waals surface area contributed by atoms with Gasteiger partial charge in [-0.05, 0) is 19.1 Å². The number of nitrogens with two attached hydrogens (primary N) is 1. The fourth-order valence-electron chi connectivity index (χ4n) is 3.30. The number of methoxy groups -OCH3 is 1. The first-order chi connectivity index (χ1) is 13.1. The van der Waals surface area contributed by atoms with Gasteiger partial charge in [0.05, 0.1) is 24.5 Å². The Morgan fingerprint density at radius 2 is 2.26 bits per heavy atom. The number of hydrogen-bond donors (Lipinski definition) is 3. The summed E-state index contributed by atoms with van der Waals surface area (Å²) in [5, 5.41) is 11.4. The van der Waals surface area contributed by atoms with Gasteiger partial charge in [0.15, 0.2) is 11.6 Å². The highest BCUT2D eigenvalue weighted by atomic mass is 16.5. The first kappa shape index (κ1) is 17.2. The highest BCUT2D eigenvalue weighted by Gasteiger charge is 2.28. The molecule has 0 radical (unpaired) electrons. The normalized spacial score (nSPS) is 17.3. The number of esters is 1. The summed E-state index contributed by atoms with van der Waals surface area (Å²) in [5.41, 5.74) is 9.64. The lowest BCUT2D eigenvalue weighted by Crippen LogP contribution is -2.55. The number of benzene rings is 1. The number of nitrogen functional groups attached to an aromatic ring is 1. The molecule has 4 N–H and O–H groups in total. The third-order valence-corrected chi connectivity index (χ3v) is 4.78. The molecule has 0 aliphatic carbocycles. The van der Waals surface area contributed by atoms with Crippen LogP contribution in [0.25, 0.3) is 22.2 Å². The van der Waals surface area contributed by atoms with Gasteiger partial charge in [-0.25, -0.2) is 9.97 Å². The zero-order valence-corrected chi connectivity index (χ0v) is 15.2. The highest BCUT2D eigenvalue weighted by molar-refractivity contribution is 5.86. The van der Waals surface area contributed by atoms with Crippen molar-refractivity contribution in [3.8, 4) is 11.3 Å². The van der Waals surface area contributed by atoms with Crippen LogP contribution in [0.4, 0.5) is 11.6 Å². The highest BCUT2D eigenvalue weighted by Crippen LogP contribution is 2.27. The summed E-state index contributed by atoms with van der Waals surface area (Å²) >= 11 is 0. The van der Waals surface area contributed by atoms with Crippen molar-refractivity contribution in [2.24, 2.45) is 0 Å². The number of aromatic amines is 1. The van der Waals surface area contributed by atoms with Gasteiger partial charge in [-0.1, -0.05) is 6.07 Å². The van der Waals surface area contributed by atoms with E-state index in [2.05, 4.69) is 20.5 Å². The molecule has 3 aromatic rings. The van der Waals surface area contributed by atoms with Crippen molar-refractivity contribution in [3.63, 3.8) is 0 Å². The molecule has 1 atom stereocenters. The monoisotopic (exact) mass is 367 g/mol. The number of nitrogens with one attached hydrogen (secondary N) is 2. The molecular weight excluding hydrogens is 346 g/mol. The van der Waals surface area contributed by atoms with E-state index in [0.717, 1.165) is 27.9 Å². The lowest BCUT2D eigenvalue weighted by molar-refractivity contribution is -0.143. The standard InChI is InChI=1S/C18H21N7O2/c1-10-12-7-11(3-4-13(12)24-23-10)14-8-21-16(19)17(22-14)25-6-5-20-15(9-25)18(26)27-2/h3-4,7-8,15,20H,5-6,9H2,1-2H3,(H2,19,21)(H,23,24)/t15-/m0/s1. The Morgan fingerprint density at radius 3 is 3.07 bits per heavy atom. The predicted octanol–water partition coefficient (Wildman–Crippen LogP) is 0.862. The first-order valence-electron chi connectivity index (χ1n) is 8.70. The van der Waals surface area contributed by atoms with Crippen LogP contribution in [0.3, 0.4) is 0 Å². The molecule has 0 unspecified atom stereocenters. The summed E-state index contributed by atoms with van der Waals surface area (Å²) in [7, 11) is 1.38. The zero-order chi connectivity index (χ0) is 19.0. The molecule has 140 valence electrons. The van der Waals surface area contributed by atoms with Gasteiger partial charge < -0.3 is 20.7 Å². The molecule has 1 saturated heterocycles. The molecule has 1 aromatic carbocycles. The Hall–Kier alpha value is -3.20. The van der Waals surface area contributed by atoms with Gasteiger partial charge in [-0.3, -0.25) is 9.89 Å². The second kappa shape index (κ2) is 6.84. The van der Waals surface area contributed by atoms with E-state index in [-0.39, 0.29) is 5.97 Å². The number of H-pyrrole nitrogens is 1. The second-order valence-corrected chi connectivity index (χ2v) is 6.52.